The van der Waals surface area contributed by atoms with Crippen molar-refractivity contribution in [3.8, 4) is 0 Å². The minimum atomic E-state index is 0.418. The third kappa shape index (κ3) is 4.99. The first-order valence-electron chi connectivity index (χ1n) is 6.21. The number of nitrogens with one attached hydrogen (secondary N) is 2. The molecule has 0 saturated carbocycles. The zero-order valence-electron chi connectivity index (χ0n) is 11.0. The van der Waals surface area contributed by atoms with E-state index in [-0.39, 0.29) is 0 Å². The van der Waals surface area contributed by atoms with Crippen molar-refractivity contribution in [2.45, 2.75) is 39.7 Å². The zero-order valence-corrected chi connectivity index (χ0v) is 11.0. The van der Waals surface area contributed by atoms with Gasteiger partial charge in [-0.25, -0.2) is 9.97 Å². The summed E-state index contributed by atoms with van der Waals surface area (Å²) < 4.78 is 0. The predicted octanol–water partition coefficient (Wildman–Crippen LogP) is 1.76. The largest absolute Gasteiger partial charge is 0.370 e. The van der Waals surface area contributed by atoms with Crippen LogP contribution < -0.4 is 16.4 Å². The minimum absolute atomic E-state index is 0.418. The number of aryl methyl sites for hydroxylation is 1. The molecule has 0 amide bonds. The van der Waals surface area contributed by atoms with Gasteiger partial charge in [0, 0.05) is 18.7 Å². The second-order valence-corrected chi connectivity index (χ2v) is 4.21. The van der Waals surface area contributed by atoms with Gasteiger partial charge in [-0.15, -0.1) is 0 Å². The number of anilines is 2. The molecule has 4 N–H and O–H groups in total. The molecule has 0 bridgehead atoms. The molecule has 0 radical (unpaired) electrons. The number of hydrogen-bond donors (Lipinski definition) is 3. The summed E-state index contributed by atoms with van der Waals surface area (Å²) in [6.07, 6.45) is 2.01. The van der Waals surface area contributed by atoms with Crippen molar-refractivity contribution in [2.24, 2.45) is 5.73 Å². The van der Waals surface area contributed by atoms with Crippen molar-refractivity contribution in [1.29, 1.82) is 0 Å². The Balaban J connectivity index is 2.65. The first-order chi connectivity index (χ1) is 8.15. The summed E-state index contributed by atoms with van der Waals surface area (Å²) in [5.41, 5.74) is 5.45. The SMILES string of the molecule is CCC(C)Nc1cc(NCCCN)nc(C)n1. The fourth-order valence-corrected chi connectivity index (χ4v) is 1.41. The van der Waals surface area contributed by atoms with Crippen LogP contribution in [-0.4, -0.2) is 29.1 Å². The lowest BCUT2D eigenvalue weighted by Gasteiger charge is -2.14. The second kappa shape index (κ2) is 7.06. The monoisotopic (exact) mass is 237 g/mol. The van der Waals surface area contributed by atoms with Gasteiger partial charge in [-0.05, 0) is 33.2 Å². The molecule has 5 nitrogen and oxygen atoms in total. The molecule has 17 heavy (non-hydrogen) atoms. The third-order valence-electron chi connectivity index (χ3n) is 2.53. The number of hydrogen-bond acceptors (Lipinski definition) is 5. The Bertz CT molecular complexity index is 340. The summed E-state index contributed by atoms with van der Waals surface area (Å²) in [5.74, 6) is 2.51. The van der Waals surface area contributed by atoms with Gasteiger partial charge in [0.05, 0.1) is 0 Å². The van der Waals surface area contributed by atoms with Crippen LogP contribution in [0.3, 0.4) is 0 Å². The van der Waals surface area contributed by atoms with E-state index in [9.17, 15) is 0 Å². The number of nitrogens with zero attached hydrogens (tertiary/aromatic N) is 2. The van der Waals surface area contributed by atoms with Crippen molar-refractivity contribution in [2.75, 3.05) is 23.7 Å². The summed E-state index contributed by atoms with van der Waals surface area (Å²) >= 11 is 0. The van der Waals surface area contributed by atoms with E-state index in [1.165, 1.54) is 0 Å². The van der Waals surface area contributed by atoms with E-state index in [1.54, 1.807) is 0 Å². The molecule has 0 aliphatic heterocycles. The normalized spacial score (nSPS) is 12.2. The van der Waals surface area contributed by atoms with Crippen LogP contribution >= 0.6 is 0 Å². The molecule has 0 saturated heterocycles. The van der Waals surface area contributed by atoms with Crippen LogP contribution in [0.25, 0.3) is 0 Å². The van der Waals surface area contributed by atoms with Crippen LogP contribution in [0.5, 0.6) is 0 Å². The molecular formula is C12H23N5. The lowest BCUT2D eigenvalue weighted by Crippen LogP contribution is -2.16. The lowest BCUT2D eigenvalue weighted by atomic mass is 10.2. The van der Waals surface area contributed by atoms with Crippen molar-refractivity contribution in [3.63, 3.8) is 0 Å². The Kier molecular flexibility index (Phi) is 5.69. The molecule has 1 heterocycles. The van der Waals surface area contributed by atoms with Crippen molar-refractivity contribution >= 4 is 11.6 Å². The van der Waals surface area contributed by atoms with Crippen molar-refractivity contribution in [1.82, 2.24) is 9.97 Å². The molecule has 1 atom stereocenters. The Morgan fingerprint density at radius 2 is 2.06 bits per heavy atom. The van der Waals surface area contributed by atoms with Crippen LogP contribution in [0.4, 0.5) is 11.6 Å². The first-order valence-corrected chi connectivity index (χ1v) is 6.21. The Morgan fingerprint density at radius 3 is 2.71 bits per heavy atom. The summed E-state index contributed by atoms with van der Waals surface area (Å²) in [6, 6.07) is 2.36. The number of rotatable bonds is 7. The average Bonchev–Trinajstić information content (AvgIpc) is 2.28. The molecule has 5 heteroatoms. The van der Waals surface area contributed by atoms with E-state index in [0.717, 1.165) is 36.8 Å². The fraction of sp³-hybridized carbons (Fsp3) is 0.667. The van der Waals surface area contributed by atoms with Gasteiger partial charge < -0.3 is 16.4 Å². The molecule has 0 aliphatic carbocycles. The molecule has 1 aromatic rings. The minimum Gasteiger partial charge on any atom is -0.370 e. The summed E-state index contributed by atoms with van der Waals surface area (Å²) in [5, 5.41) is 6.59. The van der Waals surface area contributed by atoms with Gasteiger partial charge in [-0.2, -0.15) is 0 Å². The summed E-state index contributed by atoms with van der Waals surface area (Å²) in [7, 11) is 0. The van der Waals surface area contributed by atoms with Gasteiger partial charge in [0.2, 0.25) is 0 Å². The Labute approximate surface area is 103 Å². The van der Waals surface area contributed by atoms with Crippen LogP contribution in [0, 0.1) is 6.92 Å². The van der Waals surface area contributed by atoms with Crippen LogP contribution in [0.2, 0.25) is 0 Å². The predicted molar refractivity (Wildman–Crippen MR) is 72.3 cm³/mol. The van der Waals surface area contributed by atoms with E-state index < -0.39 is 0 Å². The molecule has 1 unspecified atom stereocenters. The smallest absolute Gasteiger partial charge is 0.132 e. The van der Waals surface area contributed by atoms with Crippen LogP contribution in [-0.2, 0) is 0 Å². The highest BCUT2D eigenvalue weighted by Crippen LogP contribution is 2.12. The average molecular weight is 237 g/mol. The quantitative estimate of drug-likeness (QED) is 0.630. The maximum absolute atomic E-state index is 5.45. The zero-order chi connectivity index (χ0) is 12.7. The topological polar surface area (TPSA) is 75.9 Å². The van der Waals surface area contributed by atoms with E-state index >= 15 is 0 Å². The van der Waals surface area contributed by atoms with E-state index in [4.69, 9.17) is 5.73 Å². The van der Waals surface area contributed by atoms with Crippen molar-refractivity contribution < 1.29 is 0 Å². The molecule has 0 aliphatic rings. The molecule has 96 valence electrons. The second-order valence-electron chi connectivity index (χ2n) is 4.21. The van der Waals surface area contributed by atoms with Gasteiger partial charge in [-0.3, -0.25) is 0 Å². The van der Waals surface area contributed by atoms with Gasteiger partial charge in [-0.1, -0.05) is 6.92 Å². The third-order valence-corrected chi connectivity index (χ3v) is 2.53. The van der Waals surface area contributed by atoms with Gasteiger partial charge in [0.15, 0.2) is 0 Å². The van der Waals surface area contributed by atoms with Gasteiger partial charge in [0.1, 0.15) is 17.5 Å². The van der Waals surface area contributed by atoms with E-state index in [0.29, 0.717) is 12.6 Å². The number of aromatic nitrogens is 2. The summed E-state index contributed by atoms with van der Waals surface area (Å²) in [4.78, 5) is 8.70. The highest BCUT2D eigenvalue weighted by molar-refractivity contribution is 5.47. The molecular weight excluding hydrogens is 214 g/mol. The van der Waals surface area contributed by atoms with Gasteiger partial charge >= 0.3 is 0 Å². The molecule has 1 rings (SSSR count). The Morgan fingerprint density at radius 1 is 1.35 bits per heavy atom. The molecule has 0 fully saturated rings. The van der Waals surface area contributed by atoms with E-state index in [1.807, 2.05) is 13.0 Å². The highest BCUT2D eigenvalue weighted by Gasteiger charge is 2.04. The summed E-state index contributed by atoms with van der Waals surface area (Å²) in [6.45, 7) is 7.71. The van der Waals surface area contributed by atoms with Crippen LogP contribution in [0.15, 0.2) is 6.07 Å². The molecule has 1 aromatic heterocycles. The standard InChI is InChI=1S/C12H23N5/c1-4-9(2)15-12-8-11(14-7-5-6-13)16-10(3)17-12/h8-9H,4-7,13H2,1-3H3,(H2,14,15,16,17). The van der Waals surface area contributed by atoms with Crippen LogP contribution in [0.1, 0.15) is 32.5 Å². The van der Waals surface area contributed by atoms with Gasteiger partial charge in [0.25, 0.3) is 0 Å². The highest BCUT2D eigenvalue weighted by atomic mass is 15.1. The molecule has 0 spiro atoms. The van der Waals surface area contributed by atoms with Crippen molar-refractivity contribution in [3.05, 3.63) is 11.9 Å². The fourth-order valence-electron chi connectivity index (χ4n) is 1.41. The maximum atomic E-state index is 5.45. The van der Waals surface area contributed by atoms with E-state index in [2.05, 4.69) is 34.4 Å². The molecule has 0 aromatic carbocycles. The lowest BCUT2D eigenvalue weighted by molar-refractivity contribution is 0.757. The first kappa shape index (κ1) is 13.7. The maximum Gasteiger partial charge on any atom is 0.132 e. The Hall–Kier alpha value is -1.36. The number of nitrogens with two attached hydrogens (primary N) is 1.